The van der Waals surface area contributed by atoms with Crippen molar-refractivity contribution in [1.29, 1.82) is 0 Å². The summed E-state index contributed by atoms with van der Waals surface area (Å²) in [5.41, 5.74) is 2.07. The molecule has 1 saturated heterocycles. The third-order valence-corrected chi connectivity index (χ3v) is 8.11. The number of aromatic nitrogens is 1. The van der Waals surface area contributed by atoms with Gasteiger partial charge in [0, 0.05) is 50.5 Å². The van der Waals surface area contributed by atoms with E-state index in [1.54, 1.807) is 0 Å². The second-order valence-corrected chi connectivity index (χ2v) is 11.1. The predicted octanol–water partition coefficient (Wildman–Crippen LogP) is 3.44. The van der Waals surface area contributed by atoms with Gasteiger partial charge in [-0.1, -0.05) is 19.4 Å². The Hall–Kier alpha value is -3.04. The zero-order valence-corrected chi connectivity index (χ0v) is 23.8. The Morgan fingerprint density at radius 3 is 2.54 bits per heavy atom. The van der Waals surface area contributed by atoms with Crippen molar-refractivity contribution in [3.8, 4) is 11.5 Å². The fourth-order valence-corrected chi connectivity index (χ4v) is 5.95. The van der Waals surface area contributed by atoms with E-state index < -0.39 is 11.9 Å². The molecule has 1 amide bonds. The van der Waals surface area contributed by atoms with Crippen LogP contribution in [0.4, 0.5) is 0 Å². The fraction of sp³-hybridized carbons (Fsp3) is 0.600. The third kappa shape index (κ3) is 7.13. The molecule has 2 aliphatic rings. The first kappa shape index (κ1) is 29.0. The summed E-state index contributed by atoms with van der Waals surface area (Å²) in [4.78, 5) is 32.7. The third-order valence-electron chi connectivity index (χ3n) is 8.11. The van der Waals surface area contributed by atoms with Gasteiger partial charge in [0.05, 0.1) is 12.5 Å². The highest BCUT2D eigenvalue weighted by atomic mass is 16.7. The highest BCUT2D eigenvalue weighted by molar-refractivity contribution is 5.79. The summed E-state index contributed by atoms with van der Waals surface area (Å²) in [6, 6.07) is 9.55. The van der Waals surface area contributed by atoms with Crippen molar-refractivity contribution in [2.75, 3.05) is 53.6 Å². The van der Waals surface area contributed by atoms with Crippen LogP contribution < -0.4 is 9.47 Å². The number of carbonyl (C=O) groups is 2. The van der Waals surface area contributed by atoms with Crippen molar-refractivity contribution >= 4 is 11.9 Å². The van der Waals surface area contributed by atoms with E-state index in [1.165, 1.54) is 0 Å². The molecule has 0 saturated carbocycles. The maximum Gasteiger partial charge on any atom is 0.308 e. The summed E-state index contributed by atoms with van der Waals surface area (Å²) < 4.78 is 13.1. The topological polar surface area (TPSA) is 87.5 Å². The van der Waals surface area contributed by atoms with Crippen molar-refractivity contribution in [3.63, 3.8) is 0 Å². The minimum atomic E-state index is -0.821. The van der Waals surface area contributed by atoms with Crippen LogP contribution in [-0.4, -0.2) is 95.9 Å². The quantitative estimate of drug-likeness (QED) is 0.393. The van der Waals surface area contributed by atoms with Crippen LogP contribution >= 0.6 is 0 Å². The van der Waals surface area contributed by atoms with Crippen LogP contribution in [0.25, 0.3) is 0 Å². The van der Waals surface area contributed by atoms with Gasteiger partial charge in [0.1, 0.15) is 0 Å². The Bertz CT molecular complexity index is 1120. The van der Waals surface area contributed by atoms with Gasteiger partial charge in [-0.15, -0.1) is 0 Å². The number of carbonyl (C=O) groups excluding carboxylic acids is 1. The van der Waals surface area contributed by atoms with E-state index in [4.69, 9.17) is 9.47 Å². The summed E-state index contributed by atoms with van der Waals surface area (Å²) in [6.07, 6.45) is 6.32. The van der Waals surface area contributed by atoms with Crippen LogP contribution in [0.2, 0.25) is 0 Å². The molecule has 0 bridgehead atoms. The molecule has 1 N–H and O–H groups in total. The minimum absolute atomic E-state index is 0.0848. The lowest BCUT2D eigenvalue weighted by Gasteiger charge is -2.30. The monoisotopic (exact) mass is 540 g/mol. The Kier molecular flexibility index (Phi) is 9.91. The van der Waals surface area contributed by atoms with Crippen molar-refractivity contribution in [3.05, 3.63) is 47.8 Å². The molecular weight excluding hydrogens is 496 g/mol. The molecule has 39 heavy (non-hydrogen) atoms. The van der Waals surface area contributed by atoms with Gasteiger partial charge in [0.15, 0.2) is 11.5 Å². The molecule has 9 heteroatoms. The number of hydrogen-bond acceptors (Lipinski definition) is 6. The number of aryl methyl sites for hydroxylation is 2. The molecule has 1 aromatic heterocycles. The number of amides is 1. The molecule has 0 aliphatic carbocycles. The second-order valence-electron chi connectivity index (χ2n) is 11.1. The largest absolute Gasteiger partial charge is 0.481 e. The van der Waals surface area contributed by atoms with Crippen molar-refractivity contribution < 1.29 is 24.2 Å². The average Bonchev–Trinajstić information content (AvgIpc) is 3.62. The fourth-order valence-electron chi connectivity index (χ4n) is 5.95. The Morgan fingerprint density at radius 2 is 1.85 bits per heavy atom. The number of likely N-dealkylation sites (tertiary alicyclic amines) is 1. The van der Waals surface area contributed by atoms with E-state index in [9.17, 15) is 14.7 Å². The maximum absolute atomic E-state index is 13.7. The molecule has 0 spiro atoms. The highest BCUT2D eigenvalue weighted by Gasteiger charge is 2.47. The average molecular weight is 541 g/mol. The van der Waals surface area contributed by atoms with Gasteiger partial charge >= 0.3 is 5.97 Å². The van der Waals surface area contributed by atoms with Gasteiger partial charge < -0.3 is 28.9 Å². The van der Waals surface area contributed by atoms with E-state index >= 15 is 0 Å². The van der Waals surface area contributed by atoms with Gasteiger partial charge in [0.25, 0.3) is 0 Å². The van der Waals surface area contributed by atoms with Gasteiger partial charge in [-0.25, -0.2) is 0 Å². The molecule has 214 valence electrons. The molecule has 2 aliphatic heterocycles. The lowest BCUT2D eigenvalue weighted by atomic mass is 9.83. The minimum Gasteiger partial charge on any atom is -0.481 e. The van der Waals surface area contributed by atoms with Crippen LogP contribution in [0, 0.1) is 5.92 Å². The van der Waals surface area contributed by atoms with Crippen molar-refractivity contribution in [2.45, 2.75) is 51.0 Å². The lowest BCUT2D eigenvalue weighted by molar-refractivity contribution is -0.143. The predicted molar refractivity (Wildman–Crippen MR) is 150 cm³/mol. The first-order chi connectivity index (χ1) is 18.8. The zero-order chi connectivity index (χ0) is 27.9. The lowest BCUT2D eigenvalue weighted by Crippen LogP contribution is -2.45. The molecule has 0 radical (unpaired) electrons. The van der Waals surface area contributed by atoms with Crippen LogP contribution in [0.15, 0.2) is 36.5 Å². The highest BCUT2D eigenvalue weighted by Crippen LogP contribution is 2.43. The van der Waals surface area contributed by atoms with Crippen LogP contribution in [0.3, 0.4) is 0 Å². The molecule has 4 rings (SSSR count). The molecule has 2 aromatic rings. The van der Waals surface area contributed by atoms with Crippen molar-refractivity contribution in [1.82, 2.24) is 19.3 Å². The first-order valence-electron chi connectivity index (χ1n) is 14.2. The number of rotatable bonds is 14. The van der Waals surface area contributed by atoms with Crippen LogP contribution in [0.1, 0.15) is 49.8 Å². The molecule has 0 unspecified atom stereocenters. The molecule has 9 nitrogen and oxygen atoms in total. The Morgan fingerprint density at radius 1 is 1.08 bits per heavy atom. The zero-order valence-electron chi connectivity index (χ0n) is 23.8. The van der Waals surface area contributed by atoms with E-state index in [1.807, 2.05) is 56.5 Å². The standard InChI is InChI=1S/C30H44N4O5/c1-5-6-16-33(17-8-14-31(2)3)28(35)20-34-19-24(22-10-13-26-27(18-22)39-21-38-26)29(30(36)37)25(34)12-11-23-9-7-15-32(23)4/h7,9-10,13,15,18,24-25,29H,5-6,8,11-12,14,16-17,19-21H2,1-4H3,(H,36,37)/t24-,25+,29-/m1/s1. The summed E-state index contributed by atoms with van der Waals surface area (Å²) in [5, 5.41) is 10.5. The molecule has 1 aromatic carbocycles. The molecule has 3 heterocycles. The number of carboxylic acid groups (broad SMARTS) is 1. The summed E-state index contributed by atoms with van der Waals surface area (Å²) >= 11 is 0. The second kappa shape index (κ2) is 13.3. The number of benzene rings is 1. The number of aliphatic carboxylic acids is 1. The summed E-state index contributed by atoms with van der Waals surface area (Å²) in [6.45, 7) is 5.43. The summed E-state index contributed by atoms with van der Waals surface area (Å²) in [5.74, 6) is -0.282. The Labute approximate surface area is 232 Å². The molecule has 3 atom stereocenters. The maximum atomic E-state index is 13.7. The summed E-state index contributed by atoms with van der Waals surface area (Å²) in [7, 11) is 6.10. The van der Waals surface area contributed by atoms with Gasteiger partial charge in [-0.2, -0.15) is 0 Å². The Balaban J connectivity index is 1.57. The SMILES string of the molecule is CCCCN(CCCN(C)C)C(=O)CN1C[C@H](c2ccc3c(c2)OCO3)[C@@H](C(=O)O)[C@@H]1CCc1cccn1C. The van der Waals surface area contributed by atoms with E-state index in [0.717, 1.165) is 50.0 Å². The van der Waals surface area contributed by atoms with E-state index in [-0.39, 0.29) is 31.2 Å². The van der Waals surface area contributed by atoms with Gasteiger partial charge in [0.2, 0.25) is 12.7 Å². The van der Waals surface area contributed by atoms with E-state index in [0.29, 0.717) is 31.0 Å². The van der Waals surface area contributed by atoms with Crippen molar-refractivity contribution in [2.24, 2.45) is 13.0 Å². The van der Waals surface area contributed by atoms with Crippen LogP contribution in [-0.2, 0) is 23.1 Å². The first-order valence-corrected chi connectivity index (χ1v) is 14.2. The number of fused-ring (bicyclic) bond motifs is 1. The number of hydrogen-bond donors (Lipinski definition) is 1. The molecular formula is C30H44N4O5. The van der Waals surface area contributed by atoms with Crippen LogP contribution in [0.5, 0.6) is 11.5 Å². The van der Waals surface area contributed by atoms with Gasteiger partial charge in [-0.05, 0) is 76.2 Å². The number of carboxylic acids is 1. The number of ether oxygens (including phenoxy) is 2. The number of unbranched alkanes of at least 4 members (excludes halogenated alkanes) is 1. The number of nitrogens with zero attached hydrogens (tertiary/aromatic N) is 4. The van der Waals surface area contributed by atoms with Gasteiger partial charge in [-0.3, -0.25) is 14.5 Å². The molecule has 1 fully saturated rings. The van der Waals surface area contributed by atoms with E-state index in [2.05, 4.69) is 27.4 Å². The smallest absolute Gasteiger partial charge is 0.308 e. The normalized spacial score (nSPS) is 20.6.